The van der Waals surface area contributed by atoms with Crippen molar-refractivity contribution in [3.05, 3.63) is 59.0 Å². The Kier molecular flexibility index (Phi) is 5.60. The van der Waals surface area contributed by atoms with Crippen LogP contribution in [-0.2, 0) is 23.1 Å². The summed E-state index contributed by atoms with van der Waals surface area (Å²) in [6.07, 6.45) is 1.03. The van der Waals surface area contributed by atoms with Gasteiger partial charge in [0.15, 0.2) is 5.76 Å². The minimum absolute atomic E-state index is 0.0352. The summed E-state index contributed by atoms with van der Waals surface area (Å²) in [7, 11) is -1.76. The Labute approximate surface area is 145 Å². The van der Waals surface area contributed by atoms with Gasteiger partial charge in [-0.25, -0.2) is 17.9 Å². The Hall–Kier alpha value is -2.65. The Morgan fingerprint density at radius 2 is 1.80 bits per heavy atom. The van der Waals surface area contributed by atoms with E-state index in [1.807, 2.05) is 0 Å². The quantitative estimate of drug-likeness (QED) is 0.763. The van der Waals surface area contributed by atoms with Gasteiger partial charge in [-0.15, -0.1) is 0 Å². The molecule has 0 aliphatic heterocycles. The van der Waals surface area contributed by atoms with Crippen molar-refractivity contribution < 1.29 is 27.5 Å². The van der Waals surface area contributed by atoms with Gasteiger partial charge in [0.25, 0.3) is 5.91 Å². The molecule has 1 aromatic heterocycles. The molecule has 8 nitrogen and oxygen atoms in total. The van der Waals surface area contributed by atoms with E-state index in [0.717, 1.165) is 11.8 Å². The predicted octanol–water partition coefficient (Wildman–Crippen LogP) is 1.30. The van der Waals surface area contributed by atoms with Crippen LogP contribution in [0.25, 0.3) is 0 Å². The van der Waals surface area contributed by atoms with Gasteiger partial charge in [-0.05, 0) is 29.8 Å². The van der Waals surface area contributed by atoms with Gasteiger partial charge in [-0.2, -0.15) is 0 Å². The lowest BCUT2D eigenvalue weighted by Crippen LogP contribution is -2.26. The van der Waals surface area contributed by atoms with Crippen molar-refractivity contribution >= 4 is 21.9 Å². The lowest BCUT2D eigenvalue weighted by atomic mass is 10.1. The van der Waals surface area contributed by atoms with E-state index in [1.54, 1.807) is 19.2 Å². The van der Waals surface area contributed by atoms with Crippen molar-refractivity contribution in [2.45, 2.75) is 13.1 Å². The van der Waals surface area contributed by atoms with Crippen molar-refractivity contribution in [2.24, 2.45) is 0 Å². The van der Waals surface area contributed by atoms with Crippen molar-refractivity contribution in [1.29, 1.82) is 0 Å². The molecule has 25 heavy (non-hydrogen) atoms. The molecule has 0 aliphatic carbocycles. The summed E-state index contributed by atoms with van der Waals surface area (Å²) in [6.45, 7) is 0.239. The molecule has 9 heteroatoms. The molecule has 0 saturated heterocycles. The molecular weight excluding hydrogens is 348 g/mol. The summed E-state index contributed by atoms with van der Waals surface area (Å²) in [5, 5.41) is 8.87. The van der Waals surface area contributed by atoms with Gasteiger partial charge in [0, 0.05) is 13.6 Å². The first kappa shape index (κ1) is 18.7. The molecule has 0 saturated carbocycles. The second-order valence-electron chi connectivity index (χ2n) is 5.52. The van der Waals surface area contributed by atoms with Gasteiger partial charge in [0.2, 0.25) is 10.0 Å². The molecule has 0 bridgehead atoms. The number of carbonyl (C=O) groups is 2. The smallest absolute Gasteiger partial charge is 0.335 e. The minimum atomic E-state index is -3.35. The fourth-order valence-corrected chi connectivity index (χ4v) is 2.48. The van der Waals surface area contributed by atoms with Crippen molar-refractivity contribution in [1.82, 2.24) is 9.62 Å². The number of carboxylic acids is 1. The van der Waals surface area contributed by atoms with Crippen LogP contribution in [0.2, 0.25) is 0 Å². The van der Waals surface area contributed by atoms with Gasteiger partial charge in [-0.1, -0.05) is 12.1 Å². The first-order valence-corrected chi connectivity index (χ1v) is 9.16. The molecule has 134 valence electrons. The van der Waals surface area contributed by atoms with Gasteiger partial charge in [-0.3, -0.25) is 4.79 Å². The molecule has 0 atom stereocenters. The number of carboxylic acid groups (broad SMARTS) is 1. The van der Waals surface area contributed by atoms with E-state index in [1.165, 1.54) is 29.2 Å². The molecule has 2 rings (SSSR count). The van der Waals surface area contributed by atoms with E-state index in [9.17, 15) is 18.0 Å². The first-order valence-electron chi connectivity index (χ1n) is 7.27. The van der Waals surface area contributed by atoms with Gasteiger partial charge in [0.1, 0.15) is 5.76 Å². The summed E-state index contributed by atoms with van der Waals surface area (Å²) in [5.74, 6) is -0.961. The first-order chi connectivity index (χ1) is 11.7. The fraction of sp³-hybridized carbons (Fsp3) is 0.250. The topological polar surface area (TPSA) is 117 Å². The van der Waals surface area contributed by atoms with Crippen LogP contribution in [0.15, 0.2) is 40.8 Å². The highest BCUT2D eigenvalue weighted by molar-refractivity contribution is 7.88. The van der Waals surface area contributed by atoms with Crippen LogP contribution in [0.5, 0.6) is 0 Å². The molecule has 2 aromatic rings. The van der Waals surface area contributed by atoms with Crippen LogP contribution in [0.4, 0.5) is 0 Å². The number of nitrogens with one attached hydrogen (secondary N) is 1. The minimum Gasteiger partial charge on any atom is -0.478 e. The maximum absolute atomic E-state index is 12.3. The third-order valence-electron chi connectivity index (χ3n) is 3.35. The number of benzene rings is 1. The lowest BCUT2D eigenvalue weighted by molar-refractivity contribution is 0.0695. The highest BCUT2D eigenvalue weighted by Crippen LogP contribution is 2.13. The average Bonchev–Trinajstić information content (AvgIpc) is 3.01. The Morgan fingerprint density at radius 1 is 1.16 bits per heavy atom. The fourth-order valence-electron chi connectivity index (χ4n) is 2.08. The van der Waals surface area contributed by atoms with Crippen molar-refractivity contribution in [3.63, 3.8) is 0 Å². The third-order valence-corrected chi connectivity index (χ3v) is 4.02. The van der Waals surface area contributed by atoms with Crippen LogP contribution in [0.3, 0.4) is 0 Å². The van der Waals surface area contributed by atoms with E-state index >= 15 is 0 Å². The van der Waals surface area contributed by atoms with E-state index in [2.05, 4.69) is 4.72 Å². The largest absolute Gasteiger partial charge is 0.478 e. The third kappa shape index (κ3) is 5.44. The van der Waals surface area contributed by atoms with Gasteiger partial charge < -0.3 is 14.4 Å². The molecule has 0 unspecified atom stereocenters. The number of hydrogen-bond acceptors (Lipinski definition) is 5. The molecule has 0 spiro atoms. The van der Waals surface area contributed by atoms with Crippen LogP contribution in [0.1, 0.15) is 32.2 Å². The predicted molar refractivity (Wildman–Crippen MR) is 89.6 cm³/mol. The number of carbonyl (C=O) groups excluding carboxylic acids is 1. The summed E-state index contributed by atoms with van der Waals surface area (Å²) >= 11 is 0. The summed E-state index contributed by atoms with van der Waals surface area (Å²) in [5.41, 5.74) is 0.943. The zero-order chi connectivity index (χ0) is 18.6. The summed E-state index contributed by atoms with van der Waals surface area (Å²) in [4.78, 5) is 24.6. The normalized spacial score (nSPS) is 11.3. The summed E-state index contributed by atoms with van der Waals surface area (Å²) in [6, 6.07) is 9.22. The highest BCUT2D eigenvalue weighted by atomic mass is 32.2. The van der Waals surface area contributed by atoms with E-state index in [-0.39, 0.29) is 30.3 Å². The number of rotatable bonds is 7. The zero-order valence-corrected chi connectivity index (χ0v) is 14.5. The second kappa shape index (κ2) is 7.49. The number of sulfonamides is 1. The SMILES string of the molecule is CN(Cc1ccc(C(=O)O)cc1)C(=O)c1ccc(CNS(C)(=O)=O)o1. The molecule has 0 aliphatic rings. The molecule has 1 aromatic carbocycles. The monoisotopic (exact) mass is 366 g/mol. The molecule has 0 fully saturated rings. The van der Waals surface area contributed by atoms with Crippen molar-refractivity contribution in [3.8, 4) is 0 Å². The Balaban J connectivity index is 2.00. The van der Waals surface area contributed by atoms with Crippen LogP contribution >= 0.6 is 0 Å². The number of amides is 1. The molecule has 0 radical (unpaired) electrons. The van der Waals surface area contributed by atoms with Crippen LogP contribution < -0.4 is 4.72 Å². The van der Waals surface area contributed by atoms with Crippen LogP contribution in [-0.4, -0.2) is 43.6 Å². The number of nitrogens with zero attached hydrogens (tertiary/aromatic N) is 1. The Bertz CT molecular complexity index is 870. The maximum atomic E-state index is 12.3. The lowest BCUT2D eigenvalue weighted by Gasteiger charge is -2.16. The van der Waals surface area contributed by atoms with Gasteiger partial charge >= 0.3 is 5.97 Å². The van der Waals surface area contributed by atoms with Crippen LogP contribution in [0, 0.1) is 0 Å². The molecule has 1 heterocycles. The highest BCUT2D eigenvalue weighted by Gasteiger charge is 2.17. The maximum Gasteiger partial charge on any atom is 0.335 e. The molecule has 1 amide bonds. The molecule has 2 N–H and O–H groups in total. The Morgan fingerprint density at radius 3 is 2.36 bits per heavy atom. The second-order valence-corrected chi connectivity index (χ2v) is 7.36. The number of aromatic carboxylic acids is 1. The van der Waals surface area contributed by atoms with Crippen molar-refractivity contribution in [2.75, 3.05) is 13.3 Å². The average molecular weight is 366 g/mol. The standard InChI is InChI=1S/C16H18N2O6S/c1-18(10-11-3-5-12(6-4-11)16(20)21)15(19)14-8-7-13(24-14)9-17-25(2,22)23/h3-8,17H,9-10H2,1-2H3,(H,20,21). The number of hydrogen-bond donors (Lipinski definition) is 2. The molecular formula is C16H18N2O6S. The zero-order valence-electron chi connectivity index (χ0n) is 13.7. The van der Waals surface area contributed by atoms with E-state index in [0.29, 0.717) is 5.76 Å². The van der Waals surface area contributed by atoms with E-state index < -0.39 is 16.0 Å². The van der Waals surface area contributed by atoms with Gasteiger partial charge in [0.05, 0.1) is 18.4 Å². The summed E-state index contributed by atoms with van der Waals surface area (Å²) < 4.78 is 29.7. The number of furan rings is 1. The van der Waals surface area contributed by atoms with E-state index in [4.69, 9.17) is 9.52 Å².